The van der Waals surface area contributed by atoms with Crippen LogP contribution in [-0.4, -0.2) is 52.5 Å². The van der Waals surface area contributed by atoms with E-state index in [-0.39, 0.29) is 23.1 Å². The lowest BCUT2D eigenvalue weighted by Crippen LogP contribution is -2.52. The van der Waals surface area contributed by atoms with Crippen LogP contribution in [0.25, 0.3) is 0 Å². The predicted octanol–water partition coefficient (Wildman–Crippen LogP) is 1.40. The number of rotatable bonds is 12. The summed E-state index contributed by atoms with van der Waals surface area (Å²) in [6, 6.07) is 0. The summed E-state index contributed by atoms with van der Waals surface area (Å²) in [6.45, 7) is 14.7. The molecule has 0 aliphatic heterocycles. The Hall–Kier alpha value is -1.89. The van der Waals surface area contributed by atoms with Gasteiger partial charge in [-0.25, -0.2) is 0 Å². The van der Waals surface area contributed by atoms with Crippen molar-refractivity contribution in [1.29, 1.82) is 0 Å². The van der Waals surface area contributed by atoms with Crippen LogP contribution in [0.5, 0.6) is 0 Å². The summed E-state index contributed by atoms with van der Waals surface area (Å²) in [5.74, 6) is -3.02. The molecule has 0 aromatic heterocycles. The van der Waals surface area contributed by atoms with Gasteiger partial charge in [-0.05, 0) is 49.8 Å². The quantitative estimate of drug-likeness (QED) is 0.355. The van der Waals surface area contributed by atoms with Crippen molar-refractivity contribution in [3.8, 4) is 0 Å². The Labute approximate surface area is 154 Å². The van der Waals surface area contributed by atoms with Crippen molar-refractivity contribution < 1.29 is 29.7 Å². The van der Waals surface area contributed by atoms with E-state index in [1.807, 2.05) is 0 Å². The summed E-state index contributed by atoms with van der Waals surface area (Å²) >= 11 is 0. The lowest BCUT2D eigenvalue weighted by Gasteiger charge is -2.40. The fraction of sp³-hybridized carbons (Fsp3) is 0.550. The first-order chi connectivity index (χ1) is 11.9. The highest BCUT2D eigenvalue weighted by molar-refractivity contribution is 6.34. The molecule has 0 aliphatic carbocycles. The van der Waals surface area contributed by atoms with Crippen LogP contribution in [0.15, 0.2) is 36.5 Å². The summed E-state index contributed by atoms with van der Waals surface area (Å²) in [5, 5.41) is 29.0. The Morgan fingerprint density at radius 3 is 1.23 bits per heavy atom. The zero-order valence-corrected chi connectivity index (χ0v) is 16.1. The van der Waals surface area contributed by atoms with Crippen LogP contribution in [0.2, 0.25) is 0 Å². The number of aliphatic hydroxyl groups is 3. The van der Waals surface area contributed by atoms with Gasteiger partial charge in [0, 0.05) is 5.41 Å². The molecule has 6 nitrogen and oxygen atoms in total. The second-order valence-electron chi connectivity index (χ2n) is 7.18. The summed E-state index contributed by atoms with van der Waals surface area (Å²) in [4.78, 5) is 38.9. The largest absolute Gasteiger partial charge is 0.396 e. The third kappa shape index (κ3) is 4.26. The molecule has 0 saturated carbocycles. The van der Waals surface area contributed by atoms with Crippen LogP contribution in [0.1, 0.15) is 34.1 Å². The van der Waals surface area contributed by atoms with E-state index >= 15 is 0 Å². The average molecular weight is 366 g/mol. The van der Waals surface area contributed by atoms with Crippen LogP contribution in [0.3, 0.4) is 0 Å². The summed E-state index contributed by atoms with van der Waals surface area (Å²) in [7, 11) is 0. The van der Waals surface area contributed by atoms with Gasteiger partial charge in [0.1, 0.15) is 0 Å². The molecule has 0 radical (unpaired) electrons. The number of hydrogen-bond donors (Lipinski definition) is 3. The summed E-state index contributed by atoms with van der Waals surface area (Å²) in [6.07, 6.45) is -0.322. The van der Waals surface area contributed by atoms with Crippen LogP contribution in [-0.2, 0) is 14.4 Å². The van der Waals surface area contributed by atoms with Crippen LogP contribution >= 0.6 is 0 Å². The maximum absolute atomic E-state index is 13.0. The van der Waals surface area contributed by atoms with Crippen molar-refractivity contribution in [3.63, 3.8) is 0 Å². The molecule has 0 amide bonds. The number of aliphatic hydroxyl groups excluding tert-OH is 3. The first kappa shape index (κ1) is 24.1. The Morgan fingerprint density at radius 1 is 0.769 bits per heavy atom. The highest BCUT2D eigenvalue weighted by Crippen LogP contribution is 2.42. The molecule has 0 bridgehead atoms. The van der Waals surface area contributed by atoms with Gasteiger partial charge in [-0.3, -0.25) is 14.4 Å². The van der Waals surface area contributed by atoms with E-state index in [1.54, 1.807) is 6.92 Å². The average Bonchev–Trinajstić information content (AvgIpc) is 2.59. The van der Waals surface area contributed by atoms with Crippen LogP contribution in [0.4, 0.5) is 0 Å². The Kier molecular flexibility index (Phi) is 8.50. The lowest BCUT2D eigenvalue weighted by molar-refractivity contribution is -0.147. The zero-order chi connectivity index (χ0) is 20.9. The number of carbonyl (C=O) groups excluding carboxylic acids is 3. The molecule has 0 aliphatic rings. The second-order valence-corrected chi connectivity index (χ2v) is 7.18. The summed E-state index contributed by atoms with van der Waals surface area (Å²) < 4.78 is 0. The van der Waals surface area contributed by atoms with Crippen molar-refractivity contribution in [2.75, 3.05) is 19.8 Å². The monoisotopic (exact) mass is 366 g/mol. The van der Waals surface area contributed by atoms with Crippen molar-refractivity contribution in [2.24, 2.45) is 16.7 Å². The SMILES string of the molecule is C=C(C)C(=O)C(CC(C)C(CO)(CO)CO)(C(=O)C(=C)C)C(=O)C(=C)C. The summed E-state index contributed by atoms with van der Waals surface area (Å²) in [5.41, 5.74) is -3.45. The van der Waals surface area contributed by atoms with Crippen molar-refractivity contribution >= 4 is 17.3 Å². The van der Waals surface area contributed by atoms with E-state index in [9.17, 15) is 29.7 Å². The van der Waals surface area contributed by atoms with Crippen molar-refractivity contribution in [1.82, 2.24) is 0 Å². The van der Waals surface area contributed by atoms with Gasteiger partial charge in [0.15, 0.2) is 22.8 Å². The minimum atomic E-state index is -2.13. The Bertz CT molecular complexity index is 551. The van der Waals surface area contributed by atoms with E-state index in [2.05, 4.69) is 19.7 Å². The number of hydrogen-bond acceptors (Lipinski definition) is 6. The van der Waals surface area contributed by atoms with Gasteiger partial charge in [0.2, 0.25) is 0 Å². The van der Waals surface area contributed by atoms with Crippen LogP contribution in [0, 0.1) is 16.7 Å². The number of Topliss-reactive ketones (excluding diaryl/α,β-unsaturated/α-hetero) is 3. The molecule has 0 spiro atoms. The smallest absolute Gasteiger partial charge is 0.179 e. The molecule has 0 fully saturated rings. The molecular formula is C20H30O6. The molecule has 0 heterocycles. The number of carbonyl (C=O) groups is 3. The van der Waals surface area contributed by atoms with Gasteiger partial charge in [0.05, 0.1) is 19.8 Å². The van der Waals surface area contributed by atoms with E-state index < -0.39 is 53.9 Å². The predicted molar refractivity (Wildman–Crippen MR) is 99.4 cm³/mol. The van der Waals surface area contributed by atoms with Gasteiger partial charge in [0.25, 0.3) is 0 Å². The molecule has 0 saturated heterocycles. The molecule has 0 aromatic rings. The third-order valence-corrected chi connectivity index (χ3v) is 4.93. The fourth-order valence-corrected chi connectivity index (χ4v) is 2.97. The topological polar surface area (TPSA) is 112 Å². The molecule has 3 N–H and O–H groups in total. The molecule has 1 atom stereocenters. The maximum atomic E-state index is 13.0. The molecule has 0 rings (SSSR count). The van der Waals surface area contributed by atoms with Crippen molar-refractivity contribution in [2.45, 2.75) is 34.1 Å². The highest BCUT2D eigenvalue weighted by atomic mass is 16.3. The van der Waals surface area contributed by atoms with Gasteiger partial charge in [-0.2, -0.15) is 0 Å². The zero-order valence-electron chi connectivity index (χ0n) is 16.1. The molecule has 6 heteroatoms. The minimum absolute atomic E-state index is 0.0176. The molecule has 146 valence electrons. The normalized spacial score (nSPS) is 13.0. The van der Waals surface area contributed by atoms with Gasteiger partial charge < -0.3 is 15.3 Å². The number of ketones is 3. The number of allylic oxidation sites excluding steroid dienone is 3. The molecule has 1 unspecified atom stereocenters. The maximum Gasteiger partial charge on any atom is 0.179 e. The van der Waals surface area contributed by atoms with Gasteiger partial charge in [-0.1, -0.05) is 26.7 Å². The minimum Gasteiger partial charge on any atom is -0.396 e. The van der Waals surface area contributed by atoms with E-state index in [1.165, 1.54) is 20.8 Å². The Morgan fingerprint density at radius 2 is 1.04 bits per heavy atom. The Balaban J connectivity index is 6.64. The molecule has 26 heavy (non-hydrogen) atoms. The van der Waals surface area contributed by atoms with Crippen molar-refractivity contribution in [3.05, 3.63) is 36.5 Å². The molecule has 0 aromatic carbocycles. The highest BCUT2D eigenvalue weighted by Gasteiger charge is 2.54. The third-order valence-electron chi connectivity index (χ3n) is 4.93. The second kappa shape index (κ2) is 9.16. The standard InChI is InChI=1S/C20H30O6/c1-12(2)16(24)20(17(25)13(3)4,18(26)14(5)6)8-15(7)19(9-21,10-22)11-23/h15,21-23H,1,3,5,8-11H2,2,4,6-7H3. The fourth-order valence-electron chi connectivity index (χ4n) is 2.97. The first-order valence-electron chi connectivity index (χ1n) is 8.31. The van der Waals surface area contributed by atoms with Gasteiger partial charge in [-0.15, -0.1) is 0 Å². The molecular weight excluding hydrogens is 336 g/mol. The van der Waals surface area contributed by atoms with E-state index in [4.69, 9.17) is 0 Å². The first-order valence-corrected chi connectivity index (χ1v) is 8.31. The van der Waals surface area contributed by atoms with E-state index in [0.717, 1.165) is 0 Å². The van der Waals surface area contributed by atoms with E-state index in [0.29, 0.717) is 0 Å². The van der Waals surface area contributed by atoms with Gasteiger partial charge >= 0.3 is 0 Å². The lowest BCUT2D eigenvalue weighted by atomic mass is 9.61. The van der Waals surface area contributed by atoms with Crippen LogP contribution < -0.4 is 0 Å².